The normalized spacial score (nSPS) is 21.1. The van der Waals surface area contributed by atoms with E-state index in [4.69, 9.17) is 0 Å². The zero-order valence-electron chi connectivity index (χ0n) is 14.0. The van der Waals surface area contributed by atoms with E-state index >= 15 is 0 Å². The number of likely N-dealkylation sites (tertiary alicyclic amines) is 1. The van der Waals surface area contributed by atoms with Crippen molar-refractivity contribution in [2.45, 2.75) is 39.2 Å². The lowest BCUT2D eigenvalue weighted by Gasteiger charge is -2.35. The summed E-state index contributed by atoms with van der Waals surface area (Å²) in [6.07, 6.45) is 3.54. The highest BCUT2D eigenvalue weighted by atomic mass is 16.2. The molecule has 2 fully saturated rings. The Morgan fingerprint density at radius 2 is 1.41 bits per heavy atom. The van der Waals surface area contributed by atoms with E-state index in [1.54, 1.807) is 0 Å². The van der Waals surface area contributed by atoms with Crippen LogP contribution < -0.4 is 5.32 Å². The number of rotatable bonds is 5. The van der Waals surface area contributed by atoms with Gasteiger partial charge in [-0.25, -0.2) is 0 Å². The van der Waals surface area contributed by atoms with Gasteiger partial charge in [0.25, 0.3) is 0 Å². The molecule has 2 heterocycles. The van der Waals surface area contributed by atoms with Crippen LogP contribution in [0.5, 0.6) is 0 Å². The SMILES string of the molecule is CC(C)NC(=O)CN1CCN(CC(=O)N2CCCCC2)CC1. The largest absolute Gasteiger partial charge is 0.353 e. The molecule has 0 bridgehead atoms. The Morgan fingerprint density at radius 3 is 1.95 bits per heavy atom. The molecule has 0 radical (unpaired) electrons. The zero-order valence-corrected chi connectivity index (χ0v) is 14.0. The summed E-state index contributed by atoms with van der Waals surface area (Å²) >= 11 is 0. The molecule has 0 aromatic heterocycles. The topological polar surface area (TPSA) is 55.9 Å². The second-order valence-corrected chi connectivity index (χ2v) is 6.72. The quantitative estimate of drug-likeness (QED) is 0.785. The number of piperidine rings is 1. The lowest BCUT2D eigenvalue weighted by Crippen LogP contribution is -2.52. The molecule has 0 aliphatic carbocycles. The van der Waals surface area contributed by atoms with Gasteiger partial charge in [-0.3, -0.25) is 19.4 Å². The minimum atomic E-state index is 0.0906. The van der Waals surface area contributed by atoms with Crippen LogP contribution in [-0.4, -0.2) is 84.9 Å². The third-order valence-electron chi connectivity index (χ3n) is 4.35. The highest BCUT2D eigenvalue weighted by molar-refractivity contribution is 5.79. The van der Waals surface area contributed by atoms with Gasteiger partial charge in [0.15, 0.2) is 0 Å². The summed E-state index contributed by atoms with van der Waals surface area (Å²) in [5.41, 5.74) is 0. The van der Waals surface area contributed by atoms with Gasteiger partial charge in [0.05, 0.1) is 13.1 Å². The fourth-order valence-electron chi connectivity index (χ4n) is 3.11. The molecule has 2 aliphatic heterocycles. The Balaban J connectivity index is 1.66. The second-order valence-electron chi connectivity index (χ2n) is 6.72. The maximum Gasteiger partial charge on any atom is 0.236 e. The summed E-state index contributed by atoms with van der Waals surface area (Å²) in [5, 5.41) is 2.92. The second kappa shape index (κ2) is 8.48. The number of nitrogens with one attached hydrogen (secondary N) is 1. The van der Waals surface area contributed by atoms with Crippen molar-refractivity contribution in [3.63, 3.8) is 0 Å². The Bertz CT molecular complexity index is 372. The molecule has 2 saturated heterocycles. The van der Waals surface area contributed by atoms with Crippen molar-refractivity contribution in [2.24, 2.45) is 0 Å². The number of nitrogens with zero attached hydrogens (tertiary/aromatic N) is 3. The van der Waals surface area contributed by atoms with Crippen LogP contribution in [0.4, 0.5) is 0 Å². The molecule has 0 spiro atoms. The van der Waals surface area contributed by atoms with Crippen molar-refractivity contribution in [3.8, 4) is 0 Å². The third kappa shape index (κ3) is 5.57. The van der Waals surface area contributed by atoms with Crippen LogP contribution in [-0.2, 0) is 9.59 Å². The molecule has 0 aromatic carbocycles. The zero-order chi connectivity index (χ0) is 15.9. The number of piperazine rings is 1. The monoisotopic (exact) mass is 310 g/mol. The minimum absolute atomic E-state index is 0.0906. The molecule has 0 atom stereocenters. The summed E-state index contributed by atoms with van der Waals surface area (Å²) in [5.74, 6) is 0.360. The van der Waals surface area contributed by atoms with Crippen molar-refractivity contribution < 1.29 is 9.59 Å². The van der Waals surface area contributed by atoms with Gasteiger partial charge in [-0.1, -0.05) is 0 Å². The summed E-state index contributed by atoms with van der Waals surface area (Å²) in [6.45, 7) is 10.3. The molecule has 1 N–H and O–H groups in total. The van der Waals surface area contributed by atoms with Crippen molar-refractivity contribution in [1.82, 2.24) is 20.0 Å². The van der Waals surface area contributed by atoms with Crippen molar-refractivity contribution in [3.05, 3.63) is 0 Å². The van der Waals surface area contributed by atoms with Crippen LogP contribution in [0, 0.1) is 0 Å². The highest BCUT2D eigenvalue weighted by Crippen LogP contribution is 2.10. The summed E-state index contributed by atoms with van der Waals surface area (Å²) < 4.78 is 0. The van der Waals surface area contributed by atoms with E-state index in [-0.39, 0.29) is 17.9 Å². The predicted molar refractivity (Wildman–Crippen MR) is 86.6 cm³/mol. The van der Waals surface area contributed by atoms with Gasteiger partial charge < -0.3 is 10.2 Å². The standard InChI is InChI=1S/C16H30N4O2/c1-14(2)17-15(21)12-18-8-10-19(11-9-18)13-16(22)20-6-4-3-5-7-20/h14H,3-13H2,1-2H3,(H,17,21). The molecule has 0 unspecified atom stereocenters. The van der Waals surface area contributed by atoms with E-state index in [0.717, 1.165) is 52.1 Å². The third-order valence-corrected chi connectivity index (χ3v) is 4.35. The smallest absolute Gasteiger partial charge is 0.236 e. The molecular weight excluding hydrogens is 280 g/mol. The van der Waals surface area contributed by atoms with Crippen molar-refractivity contribution in [2.75, 3.05) is 52.4 Å². The molecule has 6 nitrogen and oxygen atoms in total. The summed E-state index contributed by atoms with van der Waals surface area (Å²) in [7, 11) is 0. The molecule has 0 aromatic rings. The number of amides is 2. The maximum absolute atomic E-state index is 12.3. The lowest BCUT2D eigenvalue weighted by atomic mass is 10.1. The minimum Gasteiger partial charge on any atom is -0.353 e. The van der Waals surface area contributed by atoms with Gasteiger partial charge in [0, 0.05) is 45.3 Å². The van der Waals surface area contributed by atoms with E-state index in [9.17, 15) is 9.59 Å². The number of carbonyl (C=O) groups is 2. The van der Waals surface area contributed by atoms with Crippen LogP contribution >= 0.6 is 0 Å². The van der Waals surface area contributed by atoms with Gasteiger partial charge in [-0.15, -0.1) is 0 Å². The van der Waals surface area contributed by atoms with Crippen LogP contribution in [0.1, 0.15) is 33.1 Å². The fraction of sp³-hybridized carbons (Fsp3) is 0.875. The number of hydrogen-bond acceptors (Lipinski definition) is 4. The maximum atomic E-state index is 12.3. The van der Waals surface area contributed by atoms with Crippen LogP contribution in [0.25, 0.3) is 0 Å². The molecular formula is C16H30N4O2. The first-order valence-electron chi connectivity index (χ1n) is 8.56. The Morgan fingerprint density at radius 1 is 0.864 bits per heavy atom. The number of carbonyl (C=O) groups excluding carboxylic acids is 2. The van der Waals surface area contributed by atoms with E-state index in [1.165, 1.54) is 6.42 Å². The molecule has 2 aliphatic rings. The predicted octanol–water partition coefficient (Wildman–Crippen LogP) is 0.141. The molecule has 0 saturated carbocycles. The van der Waals surface area contributed by atoms with Crippen LogP contribution in [0.2, 0.25) is 0 Å². The molecule has 2 amide bonds. The fourth-order valence-corrected chi connectivity index (χ4v) is 3.11. The van der Waals surface area contributed by atoms with E-state index < -0.39 is 0 Å². The van der Waals surface area contributed by atoms with Gasteiger partial charge in [0.2, 0.25) is 11.8 Å². The van der Waals surface area contributed by atoms with E-state index in [0.29, 0.717) is 13.1 Å². The Labute approximate surface area is 133 Å². The molecule has 22 heavy (non-hydrogen) atoms. The highest BCUT2D eigenvalue weighted by Gasteiger charge is 2.23. The molecule has 6 heteroatoms. The van der Waals surface area contributed by atoms with E-state index in [2.05, 4.69) is 15.1 Å². The molecule has 126 valence electrons. The number of hydrogen-bond donors (Lipinski definition) is 1. The first-order valence-corrected chi connectivity index (χ1v) is 8.56. The van der Waals surface area contributed by atoms with Gasteiger partial charge in [0.1, 0.15) is 0 Å². The van der Waals surface area contributed by atoms with Gasteiger partial charge >= 0.3 is 0 Å². The van der Waals surface area contributed by atoms with Gasteiger partial charge in [-0.05, 0) is 33.1 Å². The first-order chi connectivity index (χ1) is 10.5. The van der Waals surface area contributed by atoms with Crippen LogP contribution in [0.15, 0.2) is 0 Å². The Hall–Kier alpha value is -1.14. The van der Waals surface area contributed by atoms with Gasteiger partial charge in [-0.2, -0.15) is 0 Å². The first kappa shape index (κ1) is 17.2. The van der Waals surface area contributed by atoms with E-state index in [1.807, 2.05) is 18.7 Å². The average molecular weight is 310 g/mol. The Kier molecular flexibility index (Phi) is 6.64. The summed E-state index contributed by atoms with van der Waals surface area (Å²) in [6, 6.07) is 0.191. The average Bonchev–Trinajstić information content (AvgIpc) is 2.49. The van der Waals surface area contributed by atoms with Crippen molar-refractivity contribution >= 4 is 11.8 Å². The van der Waals surface area contributed by atoms with Crippen molar-refractivity contribution in [1.29, 1.82) is 0 Å². The lowest BCUT2D eigenvalue weighted by molar-refractivity contribution is -0.134. The summed E-state index contributed by atoms with van der Waals surface area (Å²) in [4.78, 5) is 30.4. The van der Waals surface area contributed by atoms with Crippen LogP contribution in [0.3, 0.4) is 0 Å². The molecule has 2 rings (SSSR count).